The molecule has 10 nitrogen and oxygen atoms in total. The fourth-order valence-corrected chi connectivity index (χ4v) is 3.85. The van der Waals surface area contributed by atoms with E-state index >= 15 is 0 Å². The molecule has 0 aliphatic rings. The van der Waals surface area contributed by atoms with Crippen molar-refractivity contribution in [1.82, 2.24) is 14.9 Å². The molecule has 2 aromatic carbocycles. The van der Waals surface area contributed by atoms with Crippen LogP contribution in [-0.4, -0.2) is 31.0 Å². The van der Waals surface area contributed by atoms with Crippen LogP contribution in [0.2, 0.25) is 0 Å². The molecule has 0 bridgehead atoms. The van der Waals surface area contributed by atoms with Crippen LogP contribution in [0.5, 0.6) is 5.75 Å². The van der Waals surface area contributed by atoms with Crippen molar-refractivity contribution >= 4 is 29.0 Å². The number of ether oxygens (including phenoxy) is 1. The number of nitrogens with one attached hydrogen (secondary N) is 1. The Bertz CT molecular complexity index is 1160. The molecule has 0 saturated heterocycles. The summed E-state index contributed by atoms with van der Waals surface area (Å²) in [4.78, 5) is 23.2. The van der Waals surface area contributed by atoms with Gasteiger partial charge in [-0.1, -0.05) is 49.9 Å². The van der Waals surface area contributed by atoms with Crippen LogP contribution >= 0.6 is 11.8 Å². The van der Waals surface area contributed by atoms with E-state index in [1.165, 1.54) is 22.9 Å². The van der Waals surface area contributed by atoms with E-state index < -0.39 is 16.1 Å². The number of anilines is 1. The molecule has 1 atom stereocenters. The molecule has 0 radical (unpaired) electrons. The topological polar surface area (TPSA) is 138 Å². The molecule has 0 aliphatic carbocycles. The fourth-order valence-electron chi connectivity index (χ4n) is 3.06. The van der Waals surface area contributed by atoms with Crippen LogP contribution in [0.4, 0.5) is 11.4 Å². The number of nitro benzene ring substituents is 1. The lowest BCUT2D eigenvalue weighted by Gasteiger charge is -2.15. The molecule has 1 aromatic heterocycles. The Labute approximate surface area is 195 Å². The largest absolute Gasteiger partial charge is 0.485 e. The highest BCUT2D eigenvalue weighted by atomic mass is 32.2. The van der Waals surface area contributed by atoms with Gasteiger partial charge in [0, 0.05) is 6.07 Å². The third kappa shape index (κ3) is 5.80. The quantitative estimate of drug-likeness (QED) is 0.207. The lowest BCUT2D eigenvalue weighted by molar-refractivity contribution is -0.383. The Balaban J connectivity index is 1.66. The number of para-hydroxylation sites is 2. The van der Waals surface area contributed by atoms with Crippen molar-refractivity contribution in [3.63, 3.8) is 0 Å². The molecule has 11 heteroatoms. The first-order chi connectivity index (χ1) is 15.7. The van der Waals surface area contributed by atoms with Crippen LogP contribution in [0, 0.1) is 17.0 Å². The molecular weight excluding hydrogens is 444 g/mol. The number of benzene rings is 2. The molecule has 3 rings (SSSR count). The van der Waals surface area contributed by atoms with Crippen LogP contribution in [-0.2, 0) is 11.4 Å². The van der Waals surface area contributed by atoms with Crippen molar-refractivity contribution in [3.8, 4) is 5.75 Å². The molecule has 174 valence electrons. The Morgan fingerprint density at radius 3 is 2.67 bits per heavy atom. The predicted octanol–water partition coefficient (Wildman–Crippen LogP) is 4.03. The minimum absolute atomic E-state index is 0.115. The van der Waals surface area contributed by atoms with E-state index in [-0.39, 0.29) is 18.0 Å². The molecule has 33 heavy (non-hydrogen) atoms. The lowest BCUT2D eigenvalue weighted by atomic mass is 10.0. The minimum atomic E-state index is -0.630. The molecule has 0 aliphatic heterocycles. The van der Waals surface area contributed by atoms with Gasteiger partial charge in [-0.05, 0) is 43.0 Å². The number of hydrogen-bond acceptors (Lipinski definition) is 8. The van der Waals surface area contributed by atoms with Crippen molar-refractivity contribution in [1.29, 1.82) is 0 Å². The van der Waals surface area contributed by atoms with E-state index in [9.17, 15) is 14.9 Å². The van der Waals surface area contributed by atoms with E-state index in [4.69, 9.17) is 10.6 Å². The second kappa shape index (κ2) is 10.3. The first-order valence-electron chi connectivity index (χ1n) is 10.3. The zero-order valence-electron chi connectivity index (χ0n) is 18.8. The number of rotatable bonds is 9. The minimum Gasteiger partial charge on any atom is -0.485 e. The van der Waals surface area contributed by atoms with E-state index in [0.29, 0.717) is 16.9 Å². The highest BCUT2D eigenvalue weighted by molar-refractivity contribution is 8.00. The summed E-state index contributed by atoms with van der Waals surface area (Å²) in [5.74, 6) is 7.17. The second-order valence-corrected chi connectivity index (χ2v) is 9.09. The Hall–Kier alpha value is -3.60. The van der Waals surface area contributed by atoms with Crippen LogP contribution in [0.25, 0.3) is 0 Å². The van der Waals surface area contributed by atoms with Gasteiger partial charge in [0.25, 0.3) is 5.69 Å². The summed E-state index contributed by atoms with van der Waals surface area (Å²) in [5.41, 5.74) is 2.11. The van der Waals surface area contributed by atoms with Crippen LogP contribution in [0.1, 0.15) is 43.6 Å². The summed E-state index contributed by atoms with van der Waals surface area (Å²) in [6.07, 6.45) is 0. The number of nitrogen functional groups attached to an aromatic ring is 1. The highest BCUT2D eigenvalue weighted by Crippen LogP contribution is 2.29. The molecule has 1 heterocycles. The average molecular weight is 471 g/mol. The van der Waals surface area contributed by atoms with Gasteiger partial charge < -0.3 is 15.9 Å². The number of nitrogens with zero attached hydrogens (tertiary/aromatic N) is 4. The maximum Gasteiger partial charge on any atom is 0.292 e. The van der Waals surface area contributed by atoms with E-state index in [0.717, 1.165) is 28.6 Å². The second-order valence-electron chi connectivity index (χ2n) is 7.78. The molecule has 3 aromatic rings. The number of nitro groups is 1. The van der Waals surface area contributed by atoms with Crippen molar-refractivity contribution in [3.05, 3.63) is 69.5 Å². The van der Waals surface area contributed by atoms with Gasteiger partial charge in [-0.15, -0.1) is 10.2 Å². The number of aryl methyl sites for hydroxylation is 1. The number of nitrogens with two attached hydrogens (primary N) is 1. The van der Waals surface area contributed by atoms with E-state index in [2.05, 4.69) is 29.4 Å². The number of amides is 1. The van der Waals surface area contributed by atoms with Gasteiger partial charge in [-0.3, -0.25) is 14.9 Å². The molecule has 1 amide bonds. The molecule has 0 fully saturated rings. The SMILES string of the molecule is Cc1ccc(C(C)C)c(OCc2nnc(SC(C)C(=O)Nc3ccccc3[N+](=O)[O-])n2N)c1. The van der Waals surface area contributed by atoms with Gasteiger partial charge in [0.15, 0.2) is 5.82 Å². The first-order valence-corrected chi connectivity index (χ1v) is 11.2. The maximum absolute atomic E-state index is 12.6. The lowest BCUT2D eigenvalue weighted by Crippen LogP contribution is -2.24. The summed E-state index contributed by atoms with van der Waals surface area (Å²) in [7, 11) is 0. The van der Waals surface area contributed by atoms with Crippen molar-refractivity contribution in [2.75, 3.05) is 11.2 Å². The zero-order valence-corrected chi connectivity index (χ0v) is 19.6. The zero-order chi connectivity index (χ0) is 24.1. The van der Waals surface area contributed by atoms with Gasteiger partial charge in [-0.2, -0.15) is 0 Å². The van der Waals surface area contributed by atoms with E-state index in [1.54, 1.807) is 13.0 Å². The van der Waals surface area contributed by atoms with Gasteiger partial charge in [0.1, 0.15) is 18.0 Å². The monoisotopic (exact) mass is 470 g/mol. The Kier molecular flexibility index (Phi) is 7.54. The van der Waals surface area contributed by atoms with Crippen molar-refractivity contribution in [2.45, 2.75) is 50.6 Å². The van der Waals surface area contributed by atoms with Crippen LogP contribution < -0.4 is 15.9 Å². The first kappa shape index (κ1) is 24.1. The summed E-state index contributed by atoms with van der Waals surface area (Å²) in [6.45, 7) is 7.95. The van der Waals surface area contributed by atoms with Crippen LogP contribution in [0.3, 0.4) is 0 Å². The smallest absolute Gasteiger partial charge is 0.292 e. The third-order valence-corrected chi connectivity index (χ3v) is 5.95. The van der Waals surface area contributed by atoms with Gasteiger partial charge in [-0.25, -0.2) is 4.68 Å². The Morgan fingerprint density at radius 2 is 1.97 bits per heavy atom. The van der Waals surface area contributed by atoms with Gasteiger partial charge in [0.2, 0.25) is 11.1 Å². The molecule has 3 N–H and O–H groups in total. The summed E-state index contributed by atoms with van der Waals surface area (Å²) < 4.78 is 7.25. The van der Waals surface area contributed by atoms with Gasteiger partial charge in [0.05, 0.1) is 10.2 Å². The van der Waals surface area contributed by atoms with Crippen molar-refractivity contribution < 1.29 is 14.5 Å². The number of hydrogen-bond donors (Lipinski definition) is 2. The standard InChI is InChI=1S/C22H26N6O4S/c1-13(2)16-10-9-14(3)11-19(16)32-12-20-25-26-22(27(20)23)33-15(4)21(29)24-17-7-5-6-8-18(17)28(30)31/h5-11,13,15H,12,23H2,1-4H3,(H,24,29). The summed E-state index contributed by atoms with van der Waals surface area (Å²) in [6, 6.07) is 12.0. The average Bonchev–Trinajstić information content (AvgIpc) is 3.11. The highest BCUT2D eigenvalue weighted by Gasteiger charge is 2.22. The number of carbonyl (C=O) groups is 1. The Morgan fingerprint density at radius 1 is 1.24 bits per heavy atom. The molecule has 1 unspecified atom stereocenters. The third-order valence-electron chi connectivity index (χ3n) is 4.89. The molecule has 0 saturated carbocycles. The van der Waals surface area contributed by atoms with E-state index in [1.807, 2.05) is 25.1 Å². The normalized spacial score (nSPS) is 11.9. The summed E-state index contributed by atoms with van der Waals surface area (Å²) >= 11 is 1.09. The summed E-state index contributed by atoms with van der Waals surface area (Å²) in [5, 5.41) is 21.6. The maximum atomic E-state index is 12.6. The van der Waals surface area contributed by atoms with Crippen LogP contribution in [0.15, 0.2) is 47.6 Å². The molecular formula is C22H26N6O4S. The predicted molar refractivity (Wildman–Crippen MR) is 127 cm³/mol. The van der Waals surface area contributed by atoms with Crippen molar-refractivity contribution in [2.24, 2.45) is 0 Å². The fraction of sp³-hybridized carbons (Fsp3) is 0.318. The molecule has 0 spiro atoms. The van der Waals surface area contributed by atoms with Gasteiger partial charge >= 0.3 is 0 Å². The number of carbonyl (C=O) groups excluding carboxylic acids is 1. The number of thioether (sulfide) groups is 1. The number of aromatic nitrogens is 3.